The molecule has 0 saturated heterocycles. The second kappa shape index (κ2) is 11.8. The minimum atomic E-state index is -4.03. The standard InChI is InChI=1S/C30H29ClN2O7S/c1-16(2)26(30(35)36)33-41(37,38)22-12-8-20(9-13-22)19-6-10-21(11-7-19)32-29(34)27-17(3)25-24(40-27)15-14-23(18(4)31)28(25)39-5/h6-16,26,33H,4H2,1-3,5H3,(H,32,34)(H,35,36). The van der Waals surface area contributed by atoms with Gasteiger partial charge in [0, 0.05) is 21.8 Å². The highest BCUT2D eigenvalue weighted by Crippen LogP contribution is 2.39. The first-order valence-electron chi connectivity index (χ1n) is 12.6. The van der Waals surface area contributed by atoms with E-state index < -0.39 is 33.9 Å². The fourth-order valence-electron chi connectivity index (χ4n) is 4.41. The molecule has 0 aliphatic heterocycles. The summed E-state index contributed by atoms with van der Waals surface area (Å²) in [6.07, 6.45) is 0. The molecular formula is C30H29ClN2O7S. The lowest BCUT2D eigenvalue weighted by atomic mass is 10.1. The third kappa shape index (κ3) is 6.14. The molecule has 4 aromatic rings. The molecule has 0 fully saturated rings. The molecule has 0 aliphatic carbocycles. The van der Waals surface area contributed by atoms with E-state index in [2.05, 4.69) is 16.6 Å². The molecule has 0 spiro atoms. The Labute approximate surface area is 242 Å². The number of carbonyl (C=O) groups is 2. The van der Waals surface area contributed by atoms with Crippen LogP contribution in [0.15, 0.2) is 76.6 Å². The average molecular weight is 597 g/mol. The number of fused-ring (bicyclic) bond motifs is 1. The number of aliphatic carboxylic acids is 1. The van der Waals surface area contributed by atoms with Crippen LogP contribution in [0.5, 0.6) is 5.75 Å². The van der Waals surface area contributed by atoms with Crippen LogP contribution >= 0.6 is 11.6 Å². The molecule has 1 aromatic heterocycles. The summed E-state index contributed by atoms with van der Waals surface area (Å²) in [7, 11) is -2.51. The number of ether oxygens (including phenoxy) is 1. The second-order valence-electron chi connectivity index (χ2n) is 9.72. The van der Waals surface area contributed by atoms with Gasteiger partial charge < -0.3 is 19.6 Å². The number of aryl methyl sites for hydroxylation is 1. The summed E-state index contributed by atoms with van der Waals surface area (Å²) in [6.45, 7) is 8.77. The molecule has 1 heterocycles. The Bertz CT molecular complexity index is 1740. The molecule has 0 radical (unpaired) electrons. The van der Waals surface area contributed by atoms with Gasteiger partial charge >= 0.3 is 5.97 Å². The molecule has 41 heavy (non-hydrogen) atoms. The van der Waals surface area contributed by atoms with E-state index in [1.807, 2.05) is 0 Å². The van der Waals surface area contributed by atoms with E-state index in [-0.39, 0.29) is 10.7 Å². The van der Waals surface area contributed by atoms with Gasteiger partial charge in [0.25, 0.3) is 5.91 Å². The highest BCUT2D eigenvalue weighted by Gasteiger charge is 2.28. The molecule has 1 amide bonds. The summed E-state index contributed by atoms with van der Waals surface area (Å²) in [5.41, 5.74) is 3.72. The molecule has 0 saturated carbocycles. The van der Waals surface area contributed by atoms with Gasteiger partial charge in [-0.05, 0) is 60.4 Å². The van der Waals surface area contributed by atoms with Crippen molar-refractivity contribution in [3.63, 3.8) is 0 Å². The molecule has 0 bridgehead atoms. The molecule has 4 rings (SSSR count). The number of hydrogen-bond donors (Lipinski definition) is 3. The van der Waals surface area contributed by atoms with E-state index in [0.717, 1.165) is 11.1 Å². The van der Waals surface area contributed by atoms with Crippen LogP contribution < -0.4 is 14.8 Å². The van der Waals surface area contributed by atoms with Crippen LogP contribution in [-0.4, -0.2) is 38.6 Å². The lowest BCUT2D eigenvalue weighted by molar-refractivity contribution is -0.140. The van der Waals surface area contributed by atoms with Crippen molar-refractivity contribution in [3.05, 3.63) is 84.1 Å². The van der Waals surface area contributed by atoms with Crippen molar-refractivity contribution >= 4 is 55.2 Å². The van der Waals surface area contributed by atoms with Gasteiger partial charge in [0.15, 0.2) is 5.76 Å². The van der Waals surface area contributed by atoms with Gasteiger partial charge in [-0.1, -0.05) is 56.3 Å². The van der Waals surface area contributed by atoms with Crippen molar-refractivity contribution in [3.8, 4) is 16.9 Å². The Morgan fingerprint density at radius 3 is 2.10 bits per heavy atom. The normalized spacial score (nSPS) is 12.3. The van der Waals surface area contributed by atoms with Gasteiger partial charge in [-0.2, -0.15) is 4.72 Å². The first kappa shape index (κ1) is 29.9. The number of sulfonamides is 1. The van der Waals surface area contributed by atoms with E-state index in [4.69, 9.17) is 20.8 Å². The average Bonchev–Trinajstić information content (AvgIpc) is 3.28. The van der Waals surface area contributed by atoms with E-state index in [0.29, 0.717) is 38.6 Å². The number of benzene rings is 3. The summed E-state index contributed by atoms with van der Waals surface area (Å²) >= 11 is 6.11. The molecule has 1 unspecified atom stereocenters. The molecule has 9 nitrogen and oxygen atoms in total. The second-order valence-corrected chi connectivity index (χ2v) is 11.9. The number of furan rings is 1. The number of amides is 1. The van der Waals surface area contributed by atoms with Gasteiger partial charge in [-0.3, -0.25) is 9.59 Å². The fraction of sp³-hybridized carbons (Fsp3) is 0.200. The maximum Gasteiger partial charge on any atom is 0.322 e. The summed E-state index contributed by atoms with van der Waals surface area (Å²) in [5, 5.41) is 13.1. The van der Waals surface area contributed by atoms with Crippen LogP contribution in [0.4, 0.5) is 5.69 Å². The van der Waals surface area contributed by atoms with Crippen molar-refractivity contribution in [2.24, 2.45) is 5.92 Å². The van der Waals surface area contributed by atoms with Crippen molar-refractivity contribution < 1.29 is 32.3 Å². The number of methoxy groups -OCH3 is 1. The predicted octanol–water partition coefficient (Wildman–Crippen LogP) is 6.27. The van der Waals surface area contributed by atoms with Gasteiger partial charge in [-0.15, -0.1) is 0 Å². The minimum absolute atomic E-state index is 0.0441. The van der Waals surface area contributed by atoms with Gasteiger partial charge in [0.1, 0.15) is 17.4 Å². The number of nitrogens with one attached hydrogen (secondary N) is 2. The fourth-order valence-corrected chi connectivity index (χ4v) is 5.90. The lowest BCUT2D eigenvalue weighted by Crippen LogP contribution is -2.44. The molecule has 0 aliphatic rings. The van der Waals surface area contributed by atoms with Gasteiger partial charge in [0.2, 0.25) is 10.0 Å². The molecule has 3 aromatic carbocycles. The SMILES string of the molecule is C=C(Cl)c1ccc2oc(C(=O)Nc3ccc(-c4ccc(S(=O)(=O)NC(C(=O)O)C(C)C)cc4)cc3)c(C)c2c1OC. The smallest absolute Gasteiger partial charge is 0.322 e. The summed E-state index contributed by atoms with van der Waals surface area (Å²) in [5.74, 6) is -1.50. The number of halogens is 1. The Kier molecular flexibility index (Phi) is 8.58. The van der Waals surface area contributed by atoms with Gasteiger partial charge in [0.05, 0.1) is 17.4 Å². The Morgan fingerprint density at radius 1 is 1.00 bits per heavy atom. The van der Waals surface area contributed by atoms with Crippen molar-refractivity contribution in [2.45, 2.75) is 31.7 Å². The number of carboxylic acids is 1. The van der Waals surface area contributed by atoms with Crippen LogP contribution in [0.1, 0.15) is 35.5 Å². The van der Waals surface area contributed by atoms with E-state index in [9.17, 15) is 23.1 Å². The van der Waals surface area contributed by atoms with Crippen LogP contribution in [-0.2, 0) is 14.8 Å². The maximum atomic E-state index is 13.1. The zero-order chi connectivity index (χ0) is 30.1. The number of rotatable bonds is 10. The predicted molar refractivity (Wildman–Crippen MR) is 159 cm³/mol. The van der Waals surface area contributed by atoms with Crippen LogP contribution in [0.25, 0.3) is 27.1 Å². The third-order valence-electron chi connectivity index (χ3n) is 6.61. The monoisotopic (exact) mass is 596 g/mol. The molecule has 3 N–H and O–H groups in total. The van der Waals surface area contributed by atoms with E-state index in [1.54, 1.807) is 69.3 Å². The third-order valence-corrected chi connectivity index (χ3v) is 8.27. The van der Waals surface area contributed by atoms with Crippen molar-refractivity contribution in [1.29, 1.82) is 0 Å². The zero-order valence-corrected chi connectivity index (χ0v) is 24.4. The molecule has 214 valence electrons. The lowest BCUT2D eigenvalue weighted by Gasteiger charge is -2.18. The summed E-state index contributed by atoms with van der Waals surface area (Å²) in [6, 6.07) is 15.3. The number of carboxylic acid groups (broad SMARTS) is 1. The van der Waals surface area contributed by atoms with Crippen LogP contribution in [0, 0.1) is 12.8 Å². The molecule has 1 atom stereocenters. The summed E-state index contributed by atoms with van der Waals surface area (Å²) < 4.78 is 39.0. The Hall–Kier alpha value is -4.12. The van der Waals surface area contributed by atoms with Crippen molar-refractivity contribution in [2.75, 3.05) is 12.4 Å². The summed E-state index contributed by atoms with van der Waals surface area (Å²) in [4.78, 5) is 24.4. The number of anilines is 1. The number of hydrogen-bond acceptors (Lipinski definition) is 6. The van der Waals surface area contributed by atoms with Gasteiger partial charge in [-0.25, -0.2) is 8.42 Å². The molecular weight excluding hydrogens is 568 g/mol. The first-order chi connectivity index (χ1) is 19.3. The molecule has 11 heteroatoms. The van der Waals surface area contributed by atoms with E-state index >= 15 is 0 Å². The first-order valence-corrected chi connectivity index (χ1v) is 14.4. The highest BCUT2D eigenvalue weighted by atomic mass is 35.5. The topological polar surface area (TPSA) is 135 Å². The highest BCUT2D eigenvalue weighted by molar-refractivity contribution is 7.89. The minimum Gasteiger partial charge on any atom is -0.495 e. The van der Waals surface area contributed by atoms with Crippen LogP contribution in [0.3, 0.4) is 0 Å². The Morgan fingerprint density at radius 2 is 1.59 bits per heavy atom. The largest absolute Gasteiger partial charge is 0.495 e. The number of carbonyl (C=O) groups excluding carboxylic acids is 1. The maximum absolute atomic E-state index is 13.1. The van der Waals surface area contributed by atoms with E-state index in [1.165, 1.54) is 19.2 Å². The van der Waals surface area contributed by atoms with Crippen LogP contribution in [0.2, 0.25) is 0 Å². The Balaban J connectivity index is 1.51. The zero-order valence-electron chi connectivity index (χ0n) is 22.8. The van der Waals surface area contributed by atoms with Crippen molar-refractivity contribution in [1.82, 2.24) is 4.72 Å². The quantitative estimate of drug-likeness (QED) is 0.196.